The van der Waals surface area contributed by atoms with Crippen LogP contribution in [0.4, 0.5) is 0 Å². The minimum absolute atomic E-state index is 0.0124. The van der Waals surface area contributed by atoms with Gasteiger partial charge >= 0.3 is 0 Å². The molecule has 20 heavy (non-hydrogen) atoms. The van der Waals surface area contributed by atoms with Crippen molar-refractivity contribution in [2.24, 2.45) is 5.41 Å². The molecular weight excluding hydrogens is 244 g/mol. The summed E-state index contributed by atoms with van der Waals surface area (Å²) in [5, 5.41) is 0. The van der Waals surface area contributed by atoms with Gasteiger partial charge in [0.15, 0.2) is 0 Å². The van der Waals surface area contributed by atoms with Crippen molar-refractivity contribution >= 4 is 6.08 Å². The third-order valence-electron chi connectivity index (χ3n) is 3.84. The Kier molecular flexibility index (Phi) is 3.62. The molecular formula is C18H26N2. The summed E-state index contributed by atoms with van der Waals surface area (Å²) in [7, 11) is 0. The van der Waals surface area contributed by atoms with Gasteiger partial charge in [0.1, 0.15) is 5.82 Å². The van der Waals surface area contributed by atoms with Crippen molar-refractivity contribution in [1.82, 2.24) is 9.97 Å². The summed E-state index contributed by atoms with van der Waals surface area (Å²) in [5.74, 6) is 0.912. The molecule has 0 unspecified atom stereocenters. The Bertz CT molecular complexity index is 566. The molecule has 0 fully saturated rings. The van der Waals surface area contributed by atoms with Crippen LogP contribution in [0.1, 0.15) is 65.0 Å². The highest BCUT2D eigenvalue weighted by Crippen LogP contribution is 2.36. The number of rotatable bonds is 1. The molecule has 0 saturated heterocycles. The highest BCUT2D eigenvalue weighted by molar-refractivity contribution is 5.61. The van der Waals surface area contributed by atoms with Gasteiger partial charge in [0.2, 0.25) is 0 Å². The first-order valence-corrected chi connectivity index (χ1v) is 7.36. The molecule has 0 N–H and O–H groups in total. The van der Waals surface area contributed by atoms with Gasteiger partial charge in [-0.05, 0) is 41.0 Å². The molecule has 0 atom stereocenters. The Morgan fingerprint density at radius 1 is 1.10 bits per heavy atom. The van der Waals surface area contributed by atoms with E-state index in [1.165, 1.54) is 16.7 Å². The summed E-state index contributed by atoms with van der Waals surface area (Å²) >= 11 is 0. The first-order valence-electron chi connectivity index (χ1n) is 7.36. The number of fused-ring (bicyclic) bond motifs is 1. The number of aryl methyl sites for hydroxylation is 1. The lowest BCUT2D eigenvalue weighted by molar-refractivity contribution is 0.508. The zero-order chi connectivity index (χ0) is 15.1. The van der Waals surface area contributed by atoms with E-state index in [2.05, 4.69) is 59.2 Å². The lowest BCUT2D eigenvalue weighted by Gasteiger charge is -2.27. The second-order valence-electron chi connectivity index (χ2n) is 7.75. The van der Waals surface area contributed by atoms with Crippen molar-refractivity contribution in [3.05, 3.63) is 41.0 Å². The average molecular weight is 270 g/mol. The maximum absolute atomic E-state index is 4.77. The standard InChI is InChI=1S/C18H26N2/c1-12(17(2,3)4)13-8-9-14-11-19-16(18(5,6)7)20-15(14)10-13/h10-11H,1,8-9H2,2-7H3. The van der Waals surface area contributed by atoms with Gasteiger partial charge < -0.3 is 0 Å². The number of aromatic nitrogens is 2. The largest absolute Gasteiger partial charge is 0.240 e. The topological polar surface area (TPSA) is 25.8 Å². The van der Waals surface area contributed by atoms with Crippen LogP contribution in [0.25, 0.3) is 6.08 Å². The van der Waals surface area contributed by atoms with Crippen molar-refractivity contribution in [2.45, 2.75) is 59.8 Å². The van der Waals surface area contributed by atoms with Crippen LogP contribution in [0.5, 0.6) is 0 Å². The maximum atomic E-state index is 4.77. The number of nitrogens with zero attached hydrogens (tertiary/aromatic N) is 2. The Balaban J connectivity index is 2.42. The van der Waals surface area contributed by atoms with E-state index in [0.29, 0.717) is 0 Å². The molecule has 1 aromatic heterocycles. The Hall–Kier alpha value is -1.44. The molecule has 0 amide bonds. The van der Waals surface area contributed by atoms with Gasteiger partial charge in [-0.25, -0.2) is 9.97 Å². The van der Waals surface area contributed by atoms with Gasteiger partial charge in [-0.1, -0.05) is 48.1 Å². The highest BCUT2D eigenvalue weighted by Gasteiger charge is 2.24. The second-order valence-corrected chi connectivity index (χ2v) is 7.75. The van der Waals surface area contributed by atoms with E-state index >= 15 is 0 Å². The summed E-state index contributed by atoms with van der Waals surface area (Å²) in [6.07, 6.45) is 6.27. The van der Waals surface area contributed by atoms with Gasteiger partial charge in [-0.3, -0.25) is 0 Å². The fraction of sp³-hybridized carbons (Fsp3) is 0.556. The first-order chi connectivity index (χ1) is 9.09. The Morgan fingerprint density at radius 3 is 2.30 bits per heavy atom. The smallest absolute Gasteiger partial charge is 0.134 e. The lowest BCUT2D eigenvalue weighted by atomic mass is 9.79. The monoisotopic (exact) mass is 270 g/mol. The summed E-state index contributed by atoms with van der Waals surface area (Å²) < 4.78 is 0. The first kappa shape index (κ1) is 15.0. The van der Waals surface area contributed by atoms with E-state index in [1.54, 1.807) is 0 Å². The van der Waals surface area contributed by atoms with Crippen molar-refractivity contribution in [1.29, 1.82) is 0 Å². The predicted octanol–water partition coefficient (Wildman–Crippen LogP) is 4.71. The van der Waals surface area contributed by atoms with Crippen LogP contribution in [0.2, 0.25) is 0 Å². The van der Waals surface area contributed by atoms with Crippen molar-refractivity contribution in [3.63, 3.8) is 0 Å². The quantitative estimate of drug-likeness (QED) is 0.739. The molecule has 2 rings (SSSR count). The molecule has 0 aliphatic heterocycles. The van der Waals surface area contributed by atoms with Gasteiger partial charge in [0.05, 0.1) is 5.69 Å². The minimum atomic E-state index is -0.0124. The van der Waals surface area contributed by atoms with Crippen LogP contribution in [-0.4, -0.2) is 9.97 Å². The van der Waals surface area contributed by atoms with E-state index in [4.69, 9.17) is 4.98 Å². The van der Waals surface area contributed by atoms with Crippen LogP contribution in [0.3, 0.4) is 0 Å². The molecule has 1 heterocycles. The van der Waals surface area contributed by atoms with Gasteiger partial charge in [0.25, 0.3) is 0 Å². The molecule has 0 aromatic carbocycles. The van der Waals surface area contributed by atoms with Crippen molar-refractivity contribution in [2.75, 3.05) is 0 Å². The van der Waals surface area contributed by atoms with E-state index < -0.39 is 0 Å². The van der Waals surface area contributed by atoms with E-state index in [-0.39, 0.29) is 10.8 Å². The van der Waals surface area contributed by atoms with E-state index in [1.807, 2.05) is 6.20 Å². The summed E-state index contributed by atoms with van der Waals surface area (Å²) in [6.45, 7) is 17.4. The molecule has 0 bridgehead atoms. The molecule has 1 aliphatic rings. The van der Waals surface area contributed by atoms with E-state index in [9.17, 15) is 0 Å². The van der Waals surface area contributed by atoms with Crippen molar-refractivity contribution < 1.29 is 0 Å². The van der Waals surface area contributed by atoms with E-state index in [0.717, 1.165) is 24.4 Å². The molecule has 1 aromatic rings. The van der Waals surface area contributed by atoms with Crippen LogP contribution < -0.4 is 0 Å². The Labute approximate surface area is 123 Å². The summed E-state index contributed by atoms with van der Waals surface area (Å²) in [6, 6.07) is 0. The third-order valence-corrected chi connectivity index (χ3v) is 3.84. The van der Waals surface area contributed by atoms with Gasteiger partial charge in [-0.15, -0.1) is 0 Å². The predicted molar refractivity (Wildman–Crippen MR) is 85.6 cm³/mol. The molecule has 2 heteroatoms. The van der Waals surface area contributed by atoms with Crippen LogP contribution in [0, 0.1) is 5.41 Å². The Morgan fingerprint density at radius 2 is 1.75 bits per heavy atom. The molecule has 1 aliphatic carbocycles. The summed E-state index contributed by atoms with van der Waals surface area (Å²) in [4.78, 5) is 9.29. The van der Waals surface area contributed by atoms with Crippen LogP contribution >= 0.6 is 0 Å². The molecule has 108 valence electrons. The second kappa shape index (κ2) is 4.83. The fourth-order valence-electron chi connectivity index (χ4n) is 2.33. The lowest BCUT2D eigenvalue weighted by Crippen LogP contribution is -2.19. The van der Waals surface area contributed by atoms with Gasteiger partial charge in [-0.2, -0.15) is 0 Å². The minimum Gasteiger partial charge on any atom is -0.240 e. The number of allylic oxidation sites excluding steroid dienone is 2. The normalized spacial score (nSPS) is 15.6. The van der Waals surface area contributed by atoms with Crippen molar-refractivity contribution in [3.8, 4) is 0 Å². The maximum Gasteiger partial charge on any atom is 0.134 e. The van der Waals surface area contributed by atoms with Crippen LogP contribution in [-0.2, 0) is 11.8 Å². The molecule has 2 nitrogen and oxygen atoms in total. The third kappa shape index (κ3) is 3.00. The van der Waals surface area contributed by atoms with Gasteiger partial charge in [0, 0.05) is 11.6 Å². The SMILES string of the molecule is C=C(C1=Cc2nc(C(C)(C)C)ncc2CC1)C(C)(C)C. The molecule has 0 saturated carbocycles. The highest BCUT2D eigenvalue weighted by atomic mass is 14.9. The number of hydrogen-bond acceptors (Lipinski definition) is 2. The zero-order valence-corrected chi connectivity index (χ0v) is 13.7. The summed E-state index contributed by atoms with van der Waals surface area (Å²) in [5.41, 5.74) is 4.99. The average Bonchev–Trinajstić information content (AvgIpc) is 2.34. The zero-order valence-electron chi connectivity index (χ0n) is 13.7. The molecule has 0 spiro atoms. The fourth-order valence-corrected chi connectivity index (χ4v) is 2.33. The van der Waals surface area contributed by atoms with Crippen LogP contribution in [0.15, 0.2) is 23.9 Å². The molecule has 0 radical (unpaired) electrons. The number of hydrogen-bond donors (Lipinski definition) is 0.